The number of hydrogen-bond donors (Lipinski definition) is 2. The SMILES string of the molecule is CCC1CC(NCC2CCCC2)CN(CCNC(C)=O)C1. The molecule has 1 heterocycles. The molecule has 0 bridgehead atoms. The zero-order valence-electron chi connectivity index (χ0n) is 13.9. The van der Waals surface area contributed by atoms with Gasteiger partial charge in [0.15, 0.2) is 0 Å². The van der Waals surface area contributed by atoms with Crippen molar-refractivity contribution in [1.29, 1.82) is 0 Å². The smallest absolute Gasteiger partial charge is 0.216 e. The molecule has 1 saturated carbocycles. The Morgan fingerprint density at radius 2 is 1.95 bits per heavy atom. The Hall–Kier alpha value is -0.610. The molecule has 1 saturated heterocycles. The van der Waals surface area contributed by atoms with Crippen LogP contribution in [0.15, 0.2) is 0 Å². The van der Waals surface area contributed by atoms with Crippen LogP contribution in [0.25, 0.3) is 0 Å². The first-order valence-electron chi connectivity index (χ1n) is 8.87. The van der Waals surface area contributed by atoms with Crippen LogP contribution in [0.3, 0.4) is 0 Å². The van der Waals surface area contributed by atoms with E-state index < -0.39 is 0 Å². The van der Waals surface area contributed by atoms with Gasteiger partial charge >= 0.3 is 0 Å². The highest BCUT2D eigenvalue weighted by Gasteiger charge is 2.26. The second kappa shape index (κ2) is 8.74. The first kappa shape index (κ1) is 16.8. The van der Waals surface area contributed by atoms with Gasteiger partial charge in [0.1, 0.15) is 0 Å². The van der Waals surface area contributed by atoms with Gasteiger partial charge in [0.25, 0.3) is 0 Å². The van der Waals surface area contributed by atoms with E-state index in [1.165, 1.54) is 51.6 Å². The molecule has 0 aromatic rings. The van der Waals surface area contributed by atoms with E-state index in [0.717, 1.165) is 31.5 Å². The maximum atomic E-state index is 11.0. The van der Waals surface area contributed by atoms with E-state index in [2.05, 4.69) is 22.5 Å². The lowest BCUT2D eigenvalue weighted by molar-refractivity contribution is -0.119. The Morgan fingerprint density at radius 1 is 1.19 bits per heavy atom. The van der Waals surface area contributed by atoms with Crippen LogP contribution in [0.2, 0.25) is 0 Å². The highest BCUT2D eigenvalue weighted by atomic mass is 16.1. The number of nitrogens with zero attached hydrogens (tertiary/aromatic N) is 1. The Balaban J connectivity index is 1.73. The van der Waals surface area contributed by atoms with Crippen molar-refractivity contribution in [2.75, 3.05) is 32.7 Å². The summed E-state index contributed by atoms with van der Waals surface area (Å²) in [6.07, 6.45) is 8.28. The molecule has 0 spiro atoms. The summed E-state index contributed by atoms with van der Waals surface area (Å²) in [4.78, 5) is 13.5. The van der Waals surface area contributed by atoms with E-state index >= 15 is 0 Å². The molecule has 1 amide bonds. The van der Waals surface area contributed by atoms with E-state index in [-0.39, 0.29) is 5.91 Å². The molecule has 2 atom stereocenters. The van der Waals surface area contributed by atoms with Gasteiger partial charge in [0, 0.05) is 39.1 Å². The van der Waals surface area contributed by atoms with Crippen molar-refractivity contribution in [3.05, 3.63) is 0 Å². The lowest BCUT2D eigenvalue weighted by Crippen LogP contribution is -2.51. The Kier molecular flexibility index (Phi) is 6.97. The number of piperidine rings is 1. The van der Waals surface area contributed by atoms with Crippen molar-refractivity contribution in [3.63, 3.8) is 0 Å². The van der Waals surface area contributed by atoms with Crippen LogP contribution in [0, 0.1) is 11.8 Å². The van der Waals surface area contributed by atoms with Gasteiger partial charge in [-0.15, -0.1) is 0 Å². The topological polar surface area (TPSA) is 44.4 Å². The van der Waals surface area contributed by atoms with Crippen molar-refractivity contribution in [1.82, 2.24) is 15.5 Å². The molecule has 2 N–H and O–H groups in total. The first-order valence-corrected chi connectivity index (χ1v) is 8.87. The predicted molar refractivity (Wildman–Crippen MR) is 87.3 cm³/mol. The number of hydrogen-bond acceptors (Lipinski definition) is 3. The fraction of sp³-hybridized carbons (Fsp3) is 0.941. The average molecular weight is 295 g/mol. The van der Waals surface area contributed by atoms with Gasteiger partial charge in [-0.2, -0.15) is 0 Å². The number of carbonyl (C=O) groups excluding carboxylic acids is 1. The minimum Gasteiger partial charge on any atom is -0.355 e. The van der Waals surface area contributed by atoms with E-state index in [1.54, 1.807) is 6.92 Å². The van der Waals surface area contributed by atoms with Crippen LogP contribution in [0.4, 0.5) is 0 Å². The van der Waals surface area contributed by atoms with Gasteiger partial charge in [-0.05, 0) is 37.6 Å². The summed E-state index contributed by atoms with van der Waals surface area (Å²) in [5.74, 6) is 1.80. The van der Waals surface area contributed by atoms with E-state index in [1.807, 2.05) is 0 Å². The van der Waals surface area contributed by atoms with Gasteiger partial charge < -0.3 is 10.6 Å². The van der Waals surface area contributed by atoms with Crippen LogP contribution >= 0.6 is 0 Å². The summed E-state index contributed by atoms with van der Waals surface area (Å²) in [6.45, 7) is 9.20. The Bertz CT molecular complexity index is 315. The second-order valence-corrected chi connectivity index (χ2v) is 7.01. The minimum atomic E-state index is 0.0787. The number of carbonyl (C=O) groups is 1. The number of amides is 1. The molecule has 0 aromatic carbocycles. The Morgan fingerprint density at radius 3 is 2.62 bits per heavy atom. The molecule has 1 aliphatic carbocycles. The molecule has 0 aromatic heterocycles. The summed E-state index contributed by atoms with van der Waals surface area (Å²) >= 11 is 0. The average Bonchev–Trinajstić information content (AvgIpc) is 2.98. The molecule has 1 aliphatic heterocycles. The molecule has 0 radical (unpaired) electrons. The number of likely N-dealkylation sites (tertiary alicyclic amines) is 1. The molecule has 2 unspecified atom stereocenters. The normalized spacial score (nSPS) is 27.9. The first-order chi connectivity index (χ1) is 10.2. The standard InChI is InChI=1S/C17H33N3O/c1-3-15-10-17(19-11-16-6-4-5-7-16)13-20(12-15)9-8-18-14(2)21/h15-17,19H,3-13H2,1-2H3,(H,18,21). The lowest BCUT2D eigenvalue weighted by Gasteiger charge is -2.38. The molecule has 122 valence electrons. The van der Waals surface area contributed by atoms with E-state index in [4.69, 9.17) is 0 Å². The van der Waals surface area contributed by atoms with Gasteiger partial charge in [-0.3, -0.25) is 9.69 Å². The molecule has 21 heavy (non-hydrogen) atoms. The third-order valence-corrected chi connectivity index (χ3v) is 5.16. The van der Waals surface area contributed by atoms with Gasteiger partial charge in [0.05, 0.1) is 0 Å². The molecule has 2 fully saturated rings. The number of nitrogens with one attached hydrogen (secondary N) is 2. The highest BCUT2D eigenvalue weighted by Crippen LogP contribution is 2.25. The van der Waals surface area contributed by atoms with Crippen molar-refractivity contribution in [2.24, 2.45) is 11.8 Å². The largest absolute Gasteiger partial charge is 0.355 e. The van der Waals surface area contributed by atoms with Crippen molar-refractivity contribution in [2.45, 2.75) is 58.4 Å². The van der Waals surface area contributed by atoms with E-state index in [0.29, 0.717) is 6.04 Å². The van der Waals surface area contributed by atoms with Crippen LogP contribution in [0.5, 0.6) is 0 Å². The third kappa shape index (κ3) is 5.95. The molecule has 4 nitrogen and oxygen atoms in total. The van der Waals surface area contributed by atoms with E-state index in [9.17, 15) is 4.79 Å². The minimum absolute atomic E-state index is 0.0787. The summed E-state index contributed by atoms with van der Waals surface area (Å²) < 4.78 is 0. The van der Waals surface area contributed by atoms with Crippen molar-refractivity contribution in [3.8, 4) is 0 Å². The predicted octanol–water partition coefficient (Wildman–Crippen LogP) is 2.00. The third-order valence-electron chi connectivity index (χ3n) is 5.16. The monoisotopic (exact) mass is 295 g/mol. The zero-order valence-corrected chi connectivity index (χ0v) is 13.9. The quantitative estimate of drug-likeness (QED) is 0.755. The van der Waals surface area contributed by atoms with Gasteiger partial charge in [0.2, 0.25) is 5.91 Å². The maximum Gasteiger partial charge on any atom is 0.216 e. The van der Waals surface area contributed by atoms with Crippen molar-refractivity contribution < 1.29 is 4.79 Å². The Labute approximate surface area is 130 Å². The fourth-order valence-corrected chi connectivity index (χ4v) is 3.87. The van der Waals surface area contributed by atoms with Crippen LogP contribution in [-0.2, 0) is 4.79 Å². The van der Waals surface area contributed by atoms with Crippen LogP contribution < -0.4 is 10.6 Å². The van der Waals surface area contributed by atoms with Crippen molar-refractivity contribution >= 4 is 5.91 Å². The van der Waals surface area contributed by atoms with Gasteiger partial charge in [-0.25, -0.2) is 0 Å². The lowest BCUT2D eigenvalue weighted by atomic mass is 9.91. The fourth-order valence-electron chi connectivity index (χ4n) is 3.87. The summed E-state index contributed by atoms with van der Waals surface area (Å²) in [6, 6.07) is 0.640. The molecule has 2 aliphatic rings. The number of rotatable bonds is 7. The highest BCUT2D eigenvalue weighted by molar-refractivity contribution is 5.72. The van der Waals surface area contributed by atoms with Crippen LogP contribution in [0.1, 0.15) is 52.4 Å². The molecule has 2 rings (SSSR count). The summed E-state index contributed by atoms with van der Waals surface area (Å²) in [5.41, 5.74) is 0. The zero-order chi connectivity index (χ0) is 15.1. The molecular weight excluding hydrogens is 262 g/mol. The summed E-state index contributed by atoms with van der Waals surface area (Å²) in [7, 11) is 0. The summed E-state index contributed by atoms with van der Waals surface area (Å²) in [5, 5.41) is 6.74. The second-order valence-electron chi connectivity index (χ2n) is 7.01. The van der Waals surface area contributed by atoms with Gasteiger partial charge in [-0.1, -0.05) is 26.2 Å². The maximum absolute atomic E-state index is 11.0. The molecule has 4 heteroatoms. The molecular formula is C17H33N3O. The van der Waals surface area contributed by atoms with Crippen LogP contribution in [-0.4, -0.2) is 49.6 Å².